The molecule has 6 N–H and O–H groups in total. The van der Waals surface area contributed by atoms with E-state index in [0.717, 1.165) is 17.0 Å². The molecule has 5 aliphatic rings. The van der Waals surface area contributed by atoms with E-state index < -0.39 is 52.5 Å². The predicted octanol–water partition coefficient (Wildman–Crippen LogP) is 7.02. The second-order valence-electron chi connectivity index (χ2n) is 18.6. The first-order valence-electron chi connectivity index (χ1n) is 24.3. The van der Waals surface area contributed by atoms with Crippen LogP contribution in [0.5, 0.6) is 5.75 Å². The number of imide groups is 1. The molecule has 1 fully saturated rings. The van der Waals surface area contributed by atoms with E-state index in [0.29, 0.717) is 56.2 Å². The van der Waals surface area contributed by atoms with Gasteiger partial charge in [0.05, 0.1) is 34.9 Å². The number of fused-ring (bicyclic) bond motifs is 4. The molecule has 5 aromatic carbocycles. The number of carboxylic acids is 2. The maximum atomic E-state index is 13.6. The number of aromatic carboxylic acids is 2. The topological polar surface area (TPSA) is 275 Å². The van der Waals surface area contributed by atoms with Crippen molar-refractivity contribution in [2.45, 2.75) is 32.5 Å². The zero-order chi connectivity index (χ0) is 55.1. The highest BCUT2D eigenvalue weighted by Crippen LogP contribution is 2.45. The lowest BCUT2D eigenvalue weighted by Gasteiger charge is -2.19. The van der Waals surface area contributed by atoms with Crippen LogP contribution in [0.25, 0.3) is 66.8 Å². The standard InChI is InChI=1S/C59H45N5O14/c1-60-27-31-6-13-39-47(22-31)76-48-25-35(63(2)3)11-16-40(48)52(39)37-14-9-33(23-43(37)57(71)72)56(70)61-28-30-4-7-32(8-5-30)55(69)62-29-45-46(66)19-18-42-53(41-17-12-36(65)26-49(41)77-54(42)45)38-15-10-34(24-44(38)58(73)74)59(75)78-64-50(67)20-21-51(64)68/h4-19,22-26,60H,20-21,27-29H2,1-3H3,(H4-,61,62,65,66,69,70,71,72,73,74)/p+1. The molecule has 0 spiro atoms. The molecule has 19 nitrogen and oxygen atoms in total. The number of nitrogens with zero attached hydrogens (tertiary/aromatic N) is 2. The van der Waals surface area contributed by atoms with Gasteiger partial charge in [0.2, 0.25) is 5.36 Å². The summed E-state index contributed by atoms with van der Waals surface area (Å²) in [5, 5.41) is 43.1. The highest BCUT2D eigenvalue weighted by atomic mass is 16.7. The highest BCUT2D eigenvalue weighted by Gasteiger charge is 2.34. The average Bonchev–Trinajstić information content (AvgIpc) is 3.87. The Morgan fingerprint density at radius 2 is 1.15 bits per heavy atom. The van der Waals surface area contributed by atoms with Crippen molar-refractivity contribution in [1.82, 2.24) is 25.6 Å². The molecule has 0 bridgehead atoms. The zero-order valence-electron chi connectivity index (χ0n) is 41.9. The van der Waals surface area contributed by atoms with Crippen molar-refractivity contribution in [2.75, 3.05) is 21.1 Å². The summed E-state index contributed by atoms with van der Waals surface area (Å²) in [6.07, 6.45) is -0.289. The number of phenolic OH excluding ortho intramolecular Hbond substituents is 1. The minimum atomic E-state index is -1.46. The van der Waals surface area contributed by atoms with Gasteiger partial charge in [0.15, 0.2) is 5.43 Å². The van der Waals surface area contributed by atoms with Crippen molar-refractivity contribution < 1.29 is 62.6 Å². The summed E-state index contributed by atoms with van der Waals surface area (Å²) in [5.41, 5.74) is 3.69. The molecule has 0 unspecified atom stereocenters. The van der Waals surface area contributed by atoms with Crippen molar-refractivity contribution in [3.05, 3.63) is 187 Å². The van der Waals surface area contributed by atoms with E-state index >= 15 is 0 Å². The summed E-state index contributed by atoms with van der Waals surface area (Å²) in [4.78, 5) is 108. The van der Waals surface area contributed by atoms with Gasteiger partial charge in [-0.25, -0.2) is 19.0 Å². The highest BCUT2D eigenvalue weighted by molar-refractivity contribution is 6.11. The zero-order valence-corrected chi connectivity index (χ0v) is 41.9. The first-order chi connectivity index (χ1) is 37.5. The van der Waals surface area contributed by atoms with Gasteiger partial charge in [-0.1, -0.05) is 36.4 Å². The lowest BCUT2D eigenvalue weighted by atomic mass is 9.89. The molecule has 5 aromatic rings. The number of nitrogens with one attached hydrogen (secondary N) is 3. The van der Waals surface area contributed by atoms with E-state index in [2.05, 4.69) is 16.0 Å². The maximum absolute atomic E-state index is 13.6. The number of amides is 4. The lowest BCUT2D eigenvalue weighted by Crippen LogP contribution is -2.32. The van der Waals surface area contributed by atoms with Gasteiger partial charge in [-0.3, -0.25) is 24.0 Å². The van der Waals surface area contributed by atoms with Crippen LogP contribution in [0.3, 0.4) is 0 Å². The summed E-state index contributed by atoms with van der Waals surface area (Å²) in [5.74, 6) is -6.12. The number of hydroxylamine groups is 2. The molecule has 10 rings (SSSR count). The van der Waals surface area contributed by atoms with E-state index in [9.17, 15) is 53.7 Å². The SMILES string of the molecule is CNCc1ccc2c(-c3ccc(C(=O)NCc4ccc(C(=O)NCc5c(O)ccc6c(-c7ccc(C(=O)ON8C(=O)CCC8=O)cc7C(=O)O)c7ccc(=O)cc-7oc56)cc4)cc3C(=O)O)c3ccc(=[N+](C)C)cc-3oc2c1. The molecule has 0 atom stereocenters. The molecule has 3 aliphatic heterocycles. The fraction of sp³-hybridized carbons (Fsp3) is 0.136. The average molecular weight is 1050 g/mol. The summed E-state index contributed by atoms with van der Waals surface area (Å²) in [6, 6.07) is 32.6. The fourth-order valence-electron chi connectivity index (χ4n) is 9.52. The summed E-state index contributed by atoms with van der Waals surface area (Å²) in [6.45, 7) is 0.301. The minimum Gasteiger partial charge on any atom is -0.507 e. The molecule has 4 amide bonds. The Labute approximate surface area is 441 Å². The first kappa shape index (κ1) is 51.2. The molecular formula is C59H46N5O14+. The number of carboxylic acid groups (broad SMARTS) is 2. The van der Waals surface area contributed by atoms with Crippen LogP contribution in [-0.4, -0.2) is 83.1 Å². The van der Waals surface area contributed by atoms with E-state index in [-0.39, 0.29) is 87.4 Å². The van der Waals surface area contributed by atoms with Crippen molar-refractivity contribution in [3.63, 3.8) is 0 Å². The largest absolute Gasteiger partial charge is 0.507 e. The fourth-order valence-corrected chi connectivity index (χ4v) is 9.52. The number of rotatable bonds is 14. The van der Waals surface area contributed by atoms with Crippen LogP contribution < -0.4 is 31.3 Å². The molecule has 19 heteroatoms. The monoisotopic (exact) mass is 1050 g/mol. The van der Waals surface area contributed by atoms with Crippen LogP contribution in [-0.2, 0) is 34.1 Å². The Kier molecular flexibility index (Phi) is 13.7. The second-order valence-corrected chi connectivity index (χ2v) is 18.6. The van der Waals surface area contributed by atoms with E-state index in [1.54, 1.807) is 24.3 Å². The van der Waals surface area contributed by atoms with Crippen molar-refractivity contribution in [2.24, 2.45) is 0 Å². The van der Waals surface area contributed by atoms with Crippen LogP contribution in [0.4, 0.5) is 0 Å². The normalized spacial score (nSPS) is 12.4. The maximum Gasteiger partial charge on any atom is 0.363 e. The molecule has 2 aliphatic carbocycles. The van der Waals surface area contributed by atoms with Crippen LogP contribution in [0, 0.1) is 0 Å². The summed E-state index contributed by atoms with van der Waals surface area (Å²) < 4.78 is 14.6. The quantitative estimate of drug-likeness (QED) is 0.0363. The summed E-state index contributed by atoms with van der Waals surface area (Å²) >= 11 is 0. The van der Waals surface area contributed by atoms with Crippen LogP contribution in [0.1, 0.15) is 81.3 Å². The van der Waals surface area contributed by atoms with Gasteiger partial charge in [-0.2, -0.15) is 0 Å². The van der Waals surface area contributed by atoms with Gasteiger partial charge in [0.1, 0.15) is 42.5 Å². The Balaban J connectivity index is 0.875. The van der Waals surface area contributed by atoms with Gasteiger partial charge in [-0.05, 0) is 102 Å². The lowest BCUT2D eigenvalue weighted by molar-refractivity contribution is -0.172. The van der Waals surface area contributed by atoms with Gasteiger partial charge < -0.3 is 44.9 Å². The van der Waals surface area contributed by atoms with Crippen molar-refractivity contribution >= 4 is 63.5 Å². The smallest absolute Gasteiger partial charge is 0.363 e. The third-order valence-corrected chi connectivity index (χ3v) is 13.4. The molecule has 0 saturated carbocycles. The van der Waals surface area contributed by atoms with E-state index in [4.69, 9.17) is 13.7 Å². The molecule has 1 saturated heterocycles. The number of aromatic hydroxyl groups is 1. The molecular weight excluding hydrogens is 1000 g/mol. The Morgan fingerprint density at radius 1 is 0.590 bits per heavy atom. The Morgan fingerprint density at radius 3 is 1.82 bits per heavy atom. The number of carbonyl (C=O) groups is 7. The number of phenols is 1. The van der Waals surface area contributed by atoms with E-state index in [1.165, 1.54) is 60.7 Å². The predicted molar refractivity (Wildman–Crippen MR) is 284 cm³/mol. The van der Waals surface area contributed by atoms with E-state index in [1.807, 2.05) is 62.1 Å². The second kappa shape index (κ2) is 20.8. The van der Waals surface area contributed by atoms with Crippen LogP contribution in [0.15, 0.2) is 141 Å². The third kappa shape index (κ3) is 9.79. The minimum absolute atomic E-state index is 0.000988. The van der Waals surface area contributed by atoms with Crippen LogP contribution >= 0.6 is 0 Å². The van der Waals surface area contributed by atoms with Gasteiger partial charge in [-0.15, -0.1) is 5.06 Å². The number of hydrogen-bond donors (Lipinski definition) is 6. The molecule has 3 heterocycles. The van der Waals surface area contributed by atoms with Gasteiger partial charge >= 0.3 is 17.9 Å². The number of benzene rings is 7. The number of carbonyl (C=O) groups excluding carboxylic acids is 5. The number of hydrogen-bond acceptors (Lipinski definition) is 13. The molecule has 0 radical (unpaired) electrons. The third-order valence-electron chi connectivity index (χ3n) is 13.4. The van der Waals surface area contributed by atoms with Gasteiger partial charge in [0.25, 0.3) is 23.6 Å². The molecule has 390 valence electrons. The Hall–Kier alpha value is -10.3. The summed E-state index contributed by atoms with van der Waals surface area (Å²) in [7, 11) is 5.66. The van der Waals surface area contributed by atoms with Crippen molar-refractivity contribution in [1.29, 1.82) is 0 Å². The molecule has 78 heavy (non-hydrogen) atoms. The first-order valence-corrected chi connectivity index (χ1v) is 24.3. The van der Waals surface area contributed by atoms with Gasteiger partial charge in [0, 0.05) is 82.2 Å². The Bertz CT molecular complexity index is 4080. The van der Waals surface area contributed by atoms with Crippen molar-refractivity contribution in [3.8, 4) is 50.7 Å². The van der Waals surface area contributed by atoms with Crippen LogP contribution in [0.2, 0.25) is 0 Å². The molecule has 0 aromatic heterocycles.